The Bertz CT molecular complexity index is 4590. The molecule has 3 aliphatic carbocycles. The Morgan fingerprint density at radius 1 is 0.519 bits per heavy atom. The number of carbonyl (C=O) groups is 1. The molecule has 34 heteroatoms. The molecular formula is C95H139BrCl3LiO24SSi4. The van der Waals surface area contributed by atoms with E-state index in [0.717, 1.165) is 119 Å². The van der Waals surface area contributed by atoms with Gasteiger partial charge >= 0.3 is 24.8 Å². The van der Waals surface area contributed by atoms with Crippen molar-refractivity contribution < 1.29 is 132 Å². The number of hydrogen-bond acceptors (Lipinski definition) is 23. The Kier molecular flexibility index (Phi) is 41.2. The van der Waals surface area contributed by atoms with Crippen molar-refractivity contribution in [2.75, 3.05) is 27.1 Å². The molecule has 2 unspecified atom stereocenters. The monoisotopic (exact) mass is 2000 g/mol. The van der Waals surface area contributed by atoms with Crippen molar-refractivity contribution in [2.45, 2.75) is 306 Å². The largest absolute Gasteiger partial charge is 1.00 e. The molecule has 0 aromatic heterocycles. The molecule has 6 aliphatic heterocycles. The van der Waals surface area contributed by atoms with Crippen molar-refractivity contribution in [1.29, 1.82) is 0 Å². The molecule has 6 heterocycles. The molecule has 129 heavy (non-hydrogen) atoms. The first-order chi connectivity index (χ1) is 60.0. The fourth-order valence-corrected chi connectivity index (χ4v) is 21.7. The minimum absolute atomic E-state index is 0. The van der Waals surface area contributed by atoms with Gasteiger partial charge in [-0.3, -0.25) is 4.55 Å². The number of unbranched alkanes of at least 4 members (excludes halogenated alkanes) is 1. The molecule has 15 rings (SSSR count). The number of ether oxygens (including phenoxy) is 10. The summed E-state index contributed by atoms with van der Waals surface area (Å²) in [7, 11) is -8.99. The molecule has 3 saturated carbocycles. The van der Waals surface area contributed by atoms with Gasteiger partial charge < -0.3 is 103 Å². The normalized spacial score (nSPS) is 30.4. The smallest absolute Gasteiger partial charge is 0.465 e. The third-order valence-electron chi connectivity index (χ3n) is 23.1. The van der Waals surface area contributed by atoms with Gasteiger partial charge in [0.2, 0.25) is 11.6 Å². The molecule has 9 fully saturated rings. The Balaban J connectivity index is 0.000000210. The number of esters is 1. The van der Waals surface area contributed by atoms with Crippen molar-refractivity contribution in [3.05, 3.63) is 198 Å². The molecule has 6 aromatic rings. The first-order valence-electron chi connectivity index (χ1n) is 44.6. The molecule has 0 spiro atoms. The van der Waals surface area contributed by atoms with Crippen LogP contribution in [0.2, 0.25) is 93.6 Å². The summed E-state index contributed by atoms with van der Waals surface area (Å²) in [6.07, 6.45) is 6.10. The van der Waals surface area contributed by atoms with Gasteiger partial charge in [0.1, 0.15) is 53.9 Å². The molecule has 23 atom stereocenters. The summed E-state index contributed by atoms with van der Waals surface area (Å²) in [5.41, 5.74) is 7.12. The molecule has 6 aromatic carbocycles. The summed E-state index contributed by atoms with van der Waals surface area (Å²) in [5, 5.41) is 62.2. The minimum Gasteiger partial charge on any atom is -0.465 e. The van der Waals surface area contributed by atoms with E-state index >= 15 is 0 Å². The zero-order valence-corrected chi connectivity index (χ0v) is 87.5. The van der Waals surface area contributed by atoms with Crippen LogP contribution in [-0.2, 0) is 96.6 Å². The van der Waals surface area contributed by atoms with Crippen molar-refractivity contribution in [2.24, 2.45) is 29.6 Å². The van der Waals surface area contributed by atoms with Gasteiger partial charge in [0, 0.05) is 76.0 Å². The number of methoxy groups -OCH3 is 1. The van der Waals surface area contributed by atoms with E-state index in [1.165, 1.54) is 31.9 Å². The third-order valence-corrected chi connectivity index (χ3v) is 28.6. The average molecular weight is 2000 g/mol. The van der Waals surface area contributed by atoms with Crippen molar-refractivity contribution in [3.63, 3.8) is 0 Å². The summed E-state index contributed by atoms with van der Waals surface area (Å²) < 4.78 is 111. The van der Waals surface area contributed by atoms with Crippen LogP contribution in [0.1, 0.15) is 143 Å². The van der Waals surface area contributed by atoms with E-state index in [1.807, 2.05) is 85.8 Å². The predicted octanol–water partition coefficient (Wildman–Crippen LogP) is 15.5. The fraction of sp³-hybridized carbons (Fsp3) is 0.600. The standard InChI is InChI=1S/C32H47ClO6Si2.C25H29ClO8.C18H16BrClO2.C14H30O4Si2.C4H9.CH4O3S.CH4O.Li/c1-9-27-20(2)30(38-40(3,4)5)31(39-41(6,7)8)32(34,37-27)24-12-15-26(33)22(17-24)16-21-10-13-25(14-11-21)35-29-19-23-18-28(23)36-29;1-31-25(24(30)23(29)22(28)20(12-27)34-25)16-4-7-18(26)14(9-16)8-13-2-5-17(6-3-13)32-21-11-15-10-19(15)33-21;19-14-3-6-16(20)12(8-14)7-11-1-4-15(5-2-11)21-18-10-13-9-17(13)22-18;1-9-11-10(2)12(17-19(3,4)5)13(14(15)16-11)18-20(6,7)8;1-3-4-2;1-5(2,3)4;1-2;/h10-15,17,20,23,27-31,34H,9,16,18-19H2,1-8H3;2-7,9,15,19-24,27-30H,8,10-12H2,1H3;1-6,8,13,17-18H,7,9-10H2;10-13H,9H2,1-8H3;1,3-4H2,2H3;1H3,(H,2,3,4);2H,1H3;/q;;;;-1;;;+1/t20-,23+,27-,28+,29-,30+,31-,32?;15-,19-,20+,21+,22+,23-,24+,25?;13-,17-,18+;10-,11-,12+,13-;;;;/m1001..../s1. The van der Waals surface area contributed by atoms with Gasteiger partial charge in [0.15, 0.2) is 58.2 Å². The van der Waals surface area contributed by atoms with E-state index in [2.05, 4.69) is 159 Å². The number of halogens is 4. The Morgan fingerprint density at radius 3 is 1.24 bits per heavy atom. The molecule has 9 aliphatic rings. The van der Waals surface area contributed by atoms with Crippen LogP contribution < -0.4 is 33.1 Å². The van der Waals surface area contributed by atoms with Crippen molar-refractivity contribution in [3.8, 4) is 17.2 Å². The predicted molar refractivity (Wildman–Crippen MR) is 511 cm³/mol. The van der Waals surface area contributed by atoms with Gasteiger partial charge in [-0.1, -0.05) is 140 Å². The van der Waals surface area contributed by atoms with Crippen LogP contribution in [-0.4, -0.2) is 208 Å². The van der Waals surface area contributed by atoms with E-state index in [1.54, 1.807) is 18.2 Å². The molecule has 0 bridgehead atoms. The topological polar surface area (TPSA) is 322 Å². The maximum atomic E-state index is 12.5. The zero-order valence-electron chi connectivity index (χ0n) is 78.8. The number of fused-ring (bicyclic) bond motifs is 3. The maximum Gasteiger partial charge on any atom is 1.00 e. The fourth-order valence-electron chi connectivity index (χ4n) is 16.4. The van der Waals surface area contributed by atoms with Crippen LogP contribution in [0.15, 0.2) is 132 Å². The third kappa shape index (κ3) is 32.5. The molecule has 6 saturated heterocycles. The van der Waals surface area contributed by atoms with Gasteiger partial charge in [-0.25, -0.2) is 4.79 Å². The quantitative estimate of drug-likeness (QED) is 0.0109. The summed E-state index contributed by atoms with van der Waals surface area (Å²) in [5.74, 6) is 1.03. The van der Waals surface area contributed by atoms with Crippen LogP contribution in [0.4, 0.5) is 0 Å². The number of aliphatic hydroxyl groups is 6. The number of carbonyl (C=O) groups excluding carboxylic acids is 1. The number of cyclic esters (lactones) is 1. The number of benzene rings is 6. The van der Waals surface area contributed by atoms with Gasteiger partial charge in [-0.15, -0.1) is 0 Å². The van der Waals surface area contributed by atoms with Crippen LogP contribution in [0, 0.1) is 36.5 Å². The summed E-state index contributed by atoms with van der Waals surface area (Å²) in [6.45, 7) is 39.2. The Morgan fingerprint density at radius 2 is 0.884 bits per heavy atom. The molecule has 7 N–H and O–H groups in total. The van der Waals surface area contributed by atoms with Crippen LogP contribution in [0.5, 0.6) is 17.2 Å². The first-order valence-corrected chi connectivity index (χ1v) is 62.0. The molecular weight excluding hydrogens is 1860 g/mol. The van der Waals surface area contributed by atoms with Crippen LogP contribution in [0.3, 0.4) is 0 Å². The van der Waals surface area contributed by atoms with E-state index in [-0.39, 0.29) is 80.0 Å². The maximum absolute atomic E-state index is 12.5. The van der Waals surface area contributed by atoms with Gasteiger partial charge in [0.25, 0.3) is 10.1 Å². The summed E-state index contributed by atoms with van der Waals surface area (Å²) in [4.78, 5) is 12.3. The van der Waals surface area contributed by atoms with Crippen LogP contribution >= 0.6 is 50.7 Å². The van der Waals surface area contributed by atoms with Gasteiger partial charge in [0.05, 0.1) is 49.5 Å². The second-order valence-corrected chi connectivity index (χ2v) is 59.9. The Hall–Kier alpha value is -3.73. The second-order valence-electron chi connectivity index (χ2n) is 38.4. The van der Waals surface area contributed by atoms with Crippen LogP contribution in [0.25, 0.3) is 0 Å². The van der Waals surface area contributed by atoms with E-state index in [9.17, 15) is 38.7 Å². The number of rotatable bonds is 27. The second kappa shape index (κ2) is 48.0. The zero-order chi connectivity index (χ0) is 94.5. The SMILES string of the molecule is CC[C@H]1OC(=O)[C@H](O[Si](C)(C)C)[C@@H](O[Si](C)(C)C)[C@@H]1C.CC[C@H]1OC(O)(c2ccc(Cl)c(Cc3ccc(O[C@H]4C[C@@H]5C[C@@H]5O4)cc3)c2)[C@H](O[Si](C)(C)C)[C@@H](O[Si](C)(C)C)[C@@H]1C.CO.COC1(c2ccc(Cl)c(Cc3ccc(O[C@H]4C[C@@H]5C[C@@H]5O4)cc3)c2)O[C@H](CO)[C@@H](O)[C@H](O)[C@H]1O.CS(=O)(=O)O.Clc1ccc(Br)cc1Cc1ccc(O[C@H]2C[C@@H]3C[C@@H]3O2)cc1.[CH2-]CCC.[Li+]. The molecule has 0 radical (unpaired) electrons. The summed E-state index contributed by atoms with van der Waals surface area (Å²) in [6, 6.07) is 40.6. The van der Waals surface area contributed by atoms with Gasteiger partial charge in [-0.2, -0.15) is 14.8 Å². The Labute approximate surface area is 804 Å². The molecule has 0 amide bonds. The number of aliphatic hydroxyl groups excluding tert-OH is 5. The summed E-state index contributed by atoms with van der Waals surface area (Å²) >= 11 is 22.9. The van der Waals surface area contributed by atoms with E-state index in [0.29, 0.717) is 70.4 Å². The van der Waals surface area contributed by atoms with Crippen molar-refractivity contribution in [1.82, 2.24) is 0 Å². The number of hydrogen-bond donors (Lipinski definition) is 7. The average Bonchev–Trinajstić information content (AvgIpc) is 1.74. The van der Waals surface area contributed by atoms with E-state index < -0.39 is 98.2 Å². The molecule has 714 valence electrons. The van der Waals surface area contributed by atoms with E-state index in [4.69, 9.17) is 110 Å². The van der Waals surface area contributed by atoms with Gasteiger partial charge in [-0.05, 0) is 260 Å². The van der Waals surface area contributed by atoms with Crippen molar-refractivity contribution >= 4 is 100 Å². The molecule has 24 nitrogen and oxygen atoms in total. The first kappa shape index (κ1) is 111. The minimum atomic E-state index is -3.67.